The highest BCUT2D eigenvalue weighted by atomic mass is 32.2. The first-order chi connectivity index (χ1) is 25.2. The minimum Gasteiger partial charge on any atom is -0.455 e. The van der Waals surface area contributed by atoms with Crippen LogP contribution in [0.2, 0.25) is 0 Å². The number of nitrogens with one attached hydrogen (secondary N) is 3. The third-order valence-electron chi connectivity index (χ3n) is 9.68. The Morgan fingerprint density at radius 1 is 0.755 bits per heavy atom. The fourth-order valence-corrected chi connectivity index (χ4v) is 8.94. The quantitative estimate of drug-likeness (QED) is 0.149. The van der Waals surface area contributed by atoms with Crippen LogP contribution in [0.25, 0.3) is 22.0 Å². The van der Waals surface area contributed by atoms with E-state index in [4.69, 9.17) is 4.74 Å². The van der Waals surface area contributed by atoms with Gasteiger partial charge in [0.2, 0.25) is 0 Å². The van der Waals surface area contributed by atoms with Crippen LogP contribution in [0, 0.1) is 5.41 Å². The third kappa shape index (κ3) is 6.08. The summed E-state index contributed by atoms with van der Waals surface area (Å²) in [5.74, 6) is 0.436. The van der Waals surface area contributed by atoms with Crippen LogP contribution in [0.15, 0.2) is 123 Å². The summed E-state index contributed by atoms with van der Waals surface area (Å²) in [5.41, 5.74) is 3.91. The van der Waals surface area contributed by atoms with Crippen LogP contribution in [0.4, 0.5) is 17.1 Å². The van der Waals surface area contributed by atoms with E-state index in [1.807, 2.05) is 42.5 Å². The fourth-order valence-electron chi connectivity index (χ4n) is 7.82. The van der Waals surface area contributed by atoms with Crippen molar-refractivity contribution in [3.63, 3.8) is 0 Å². The van der Waals surface area contributed by atoms with Crippen molar-refractivity contribution >= 4 is 49.6 Å². The zero-order valence-electron chi connectivity index (χ0n) is 30.0. The Hall–Kier alpha value is -6.00. The molecule has 0 radical (unpaired) electrons. The molecule has 8 rings (SSSR count). The molecule has 266 valence electrons. The Balaban J connectivity index is 1.38. The van der Waals surface area contributed by atoms with Gasteiger partial charge < -0.3 is 20.4 Å². The van der Waals surface area contributed by atoms with Crippen molar-refractivity contribution in [3.05, 3.63) is 142 Å². The van der Waals surface area contributed by atoms with Gasteiger partial charge in [0, 0.05) is 28.3 Å². The number of hydrogen-bond acceptors (Lipinski definition) is 7. The summed E-state index contributed by atoms with van der Waals surface area (Å²) in [6, 6.07) is 32.5. The maximum Gasteiger partial charge on any atom is 0.286 e. The summed E-state index contributed by atoms with van der Waals surface area (Å²) >= 11 is 0. The number of anilines is 3. The molecule has 0 atom stereocenters. The number of ketones is 1. The van der Waals surface area contributed by atoms with Crippen LogP contribution >= 0.6 is 0 Å². The zero-order valence-corrected chi connectivity index (χ0v) is 30.8. The average molecular weight is 723 g/mol. The molecule has 5 aromatic carbocycles. The van der Waals surface area contributed by atoms with Gasteiger partial charge in [0.15, 0.2) is 17.4 Å². The van der Waals surface area contributed by atoms with Gasteiger partial charge in [0.25, 0.3) is 15.6 Å². The van der Waals surface area contributed by atoms with Crippen molar-refractivity contribution in [2.45, 2.75) is 51.3 Å². The number of fused-ring (bicyclic) bond motifs is 3. The third-order valence-corrected chi connectivity index (χ3v) is 11.0. The van der Waals surface area contributed by atoms with Gasteiger partial charge in [0.1, 0.15) is 10.6 Å². The maximum absolute atomic E-state index is 14.5. The van der Waals surface area contributed by atoms with Crippen molar-refractivity contribution in [2.75, 3.05) is 10.6 Å². The molecule has 3 N–H and O–H groups in total. The highest BCUT2D eigenvalue weighted by molar-refractivity contribution is 7.90. The lowest BCUT2D eigenvalue weighted by atomic mass is 9.72. The molecule has 9 nitrogen and oxygen atoms in total. The molecule has 1 aliphatic heterocycles. The first kappa shape index (κ1) is 34.1. The zero-order chi connectivity index (χ0) is 37.3. The number of para-hydroxylation sites is 2. The van der Waals surface area contributed by atoms with Crippen LogP contribution in [0.1, 0.15) is 68.1 Å². The summed E-state index contributed by atoms with van der Waals surface area (Å²) in [6.45, 7) is 11.2. The van der Waals surface area contributed by atoms with E-state index >= 15 is 0 Å². The molecule has 0 saturated carbocycles. The highest BCUT2D eigenvalue weighted by Crippen LogP contribution is 2.48. The summed E-state index contributed by atoms with van der Waals surface area (Å²) in [7, 11) is -4.17. The molecule has 2 aliphatic rings. The predicted molar refractivity (Wildman–Crippen MR) is 211 cm³/mol. The molecule has 0 bridgehead atoms. The second-order valence-corrected chi connectivity index (χ2v) is 17.0. The number of rotatable bonds is 7. The lowest BCUT2D eigenvalue weighted by Gasteiger charge is -2.33. The maximum atomic E-state index is 14.5. The normalized spacial score (nSPS) is 14.5. The number of aromatic amines is 1. The van der Waals surface area contributed by atoms with Crippen molar-refractivity contribution in [1.29, 1.82) is 0 Å². The molecule has 0 spiro atoms. The van der Waals surface area contributed by atoms with E-state index in [1.165, 1.54) is 11.6 Å². The van der Waals surface area contributed by atoms with E-state index in [0.29, 0.717) is 56.0 Å². The number of carbonyl (C=O) groups is 1. The van der Waals surface area contributed by atoms with Crippen molar-refractivity contribution in [3.8, 4) is 22.6 Å². The molecule has 53 heavy (non-hydrogen) atoms. The van der Waals surface area contributed by atoms with Crippen LogP contribution in [-0.2, 0) is 15.4 Å². The van der Waals surface area contributed by atoms with Gasteiger partial charge in [-0.1, -0.05) is 101 Å². The van der Waals surface area contributed by atoms with Crippen LogP contribution in [0.5, 0.6) is 11.5 Å². The Labute approximate surface area is 307 Å². The SMILES string of the molecule is CC(C)(C)CC(C)(C)c1ccc(Oc2cc(Nc3ccccc3)c3c4c(c(C5=NS(=O)(=O)c6ccccc6N5)c(=O)[nH]c24)-c2ccccc2C3=O)cc1. The molecule has 1 aliphatic carbocycles. The van der Waals surface area contributed by atoms with Gasteiger partial charge >= 0.3 is 0 Å². The number of carbonyl (C=O) groups excluding carboxylic acids is 1. The van der Waals surface area contributed by atoms with Crippen LogP contribution in [-0.4, -0.2) is 25.0 Å². The standard InChI is InChI=1S/C43H38N4O5S/c1-42(2,3)24-43(4,5)25-19-21-27(22-20-25)52-32-23-31(44-26-13-7-6-8-14-26)35-36-34(28-15-9-10-16-29(28)39(35)48)37(41(49)46-38(32)36)40-45-30-17-11-12-18-33(30)53(50,51)47-40/h6-23,44H,24H2,1-5H3,(H,45,47)(H,46,49). The molecule has 0 unspecified atom stereocenters. The minimum atomic E-state index is -4.17. The summed E-state index contributed by atoms with van der Waals surface area (Å²) in [6.07, 6.45) is 0.982. The van der Waals surface area contributed by atoms with Crippen molar-refractivity contribution < 1.29 is 17.9 Å². The number of nitrogens with zero attached hydrogens (tertiary/aromatic N) is 1. The number of amidine groups is 1. The number of hydrogen-bond donors (Lipinski definition) is 3. The van der Waals surface area contributed by atoms with E-state index in [2.05, 4.69) is 66.8 Å². The minimum absolute atomic E-state index is 0.00345. The van der Waals surface area contributed by atoms with Gasteiger partial charge in [-0.15, -0.1) is 4.40 Å². The van der Waals surface area contributed by atoms with Crippen molar-refractivity contribution in [1.82, 2.24) is 4.98 Å². The molecule has 1 aromatic heterocycles. The van der Waals surface area contributed by atoms with E-state index in [0.717, 1.165) is 12.1 Å². The van der Waals surface area contributed by atoms with Crippen LogP contribution < -0.4 is 20.9 Å². The fraction of sp³-hybridized carbons (Fsp3) is 0.186. The number of pyridine rings is 1. The Kier molecular flexibility index (Phi) is 7.92. The average Bonchev–Trinajstić information content (AvgIpc) is 3.10. The number of aromatic nitrogens is 1. The Morgan fingerprint density at radius 3 is 2.13 bits per heavy atom. The van der Waals surface area contributed by atoms with Gasteiger partial charge in [-0.2, -0.15) is 8.42 Å². The largest absolute Gasteiger partial charge is 0.455 e. The molecule has 0 amide bonds. The molecule has 2 heterocycles. The molecule has 10 heteroatoms. The van der Waals surface area contributed by atoms with E-state index < -0.39 is 15.6 Å². The number of H-pyrrole nitrogens is 1. The monoisotopic (exact) mass is 722 g/mol. The smallest absolute Gasteiger partial charge is 0.286 e. The van der Waals surface area contributed by atoms with Gasteiger partial charge in [0.05, 0.1) is 28.0 Å². The summed E-state index contributed by atoms with van der Waals surface area (Å²) < 4.78 is 37.6. The first-order valence-corrected chi connectivity index (χ1v) is 18.9. The Bertz CT molecular complexity index is 2670. The van der Waals surface area contributed by atoms with Gasteiger partial charge in [-0.25, -0.2) is 0 Å². The van der Waals surface area contributed by atoms with Gasteiger partial charge in [-0.05, 0) is 64.8 Å². The second kappa shape index (κ2) is 12.3. The number of sulfonamides is 1. The molecule has 6 aromatic rings. The molecular formula is C43H38N4O5S. The van der Waals surface area contributed by atoms with E-state index in [1.54, 1.807) is 48.5 Å². The van der Waals surface area contributed by atoms with Crippen LogP contribution in [0.3, 0.4) is 0 Å². The molecule has 0 fully saturated rings. The number of ether oxygens (including phenoxy) is 1. The second-order valence-electron chi connectivity index (χ2n) is 15.4. The van der Waals surface area contributed by atoms with Gasteiger partial charge in [-0.3, -0.25) is 9.59 Å². The molecule has 0 saturated heterocycles. The highest BCUT2D eigenvalue weighted by Gasteiger charge is 2.36. The summed E-state index contributed by atoms with van der Waals surface area (Å²) in [4.78, 5) is 31.9. The Morgan fingerprint density at radius 2 is 1.42 bits per heavy atom. The number of benzene rings is 5. The topological polar surface area (TPSA) is 130 Å². The molecular weight excluding hydrogens is 685 g/mol. The lowest BCUT2D eigenvalue weighted by molar-refractivity contribution is 0.104. The summed E-state index contributed by atoms with van der Waals surface area (Å²) in [5, 5.41) is 6.92. The van der Waals surface area contributed by atoms with E-state index in [9.17, 15) is 18.0 Å². The predicted octanol–water partition coefficient (Wildman–Crippen LogP) is 9.55. The first-order valence-electron chi connectivity index (χ1n) is 17.4. The van der Waals surface area contributed by atoms with E-state index in [-0.39, 0.29) is 32.9 Å². The lowest BCUT2D eigenvalue weighted by Crippen LogP contribution is -2.31. The van der Waals surface area contributed by atoms with Crippen molar-refractivity contribution in [2.24, 2.45) is 9.81 Å².